The molecule has 0 radical (unpaired) electrons. The van der Waals surface area contributed by atoms with Crippen LogP contribution >= 0.6 is 23.2 Å². The molecule has 1 N–H and O–H groups in total. The number of carbonyl (C=O) groups is 1. The van der Waals surface area contributed by atoms with Gasteiger partial charge in [-0.3, -0.25) is 4.79 Å². The minimum atomic E-state index is -1.20. The lowest BCUT2D eigenvalue weighted by Gasteiger charge is -2.30. The van der Waals surface area contributed by atoms with Gasteiger partial charge in [-0.05, 0) is 49.7 Å². The number of nitrogens with zero attached hydrogens (tertiary/aromatic N) is 1. The summed E-state index contributed by atoms with van der Waals surface area (Å²) in [7, 11) is 0. The number of hydrogen-bond acceptors (Lipinski definition) is 3. The van der Waals surface area contributed by atoms with Crippen molar-refractivity contribution in [1.29, 1.82) is 5.26 Å². The van der Waals surface area contributed by atoms with E-state index in [0.717, 1.165) is 0 Å². The smallest absolute Gasteiger partial charge is 0.225 e. The molecular formula is C19H18Cl2N2O2. The highest BCUT2D eigenvalue weighted by atomic mass is 35.5. The number of nitrogens with one attached hydrogen (secondary N) is 1. The van der Waals surface area contributed by atoms with E-state index in [9.17, 15) is 10.1 Å². The van der Waals surface area contributed by atoms with Crippen LogP contribution in [0.25, 0.3) is 0 Å². The van der Waals surface area contributed by atoms with Crippen LogP contribution in [-0.4, -0.2) is 17.6 Å². The molecule has 0 saturated heterocycles. The second kappa shape index (κ2) is 8.24. The molecule has 0 aliphatic heterocycles. The second-order valence-electron chi connectivity index (χ2n) is 5.84. The van der Waals surface area contributed by atoms with Crippen LogP contribution in [0.1, 0.15) is 19.4 Å². The van der Waals surface area contributed by atoms with Gasteiger partial charge in [0.15, 0.2) is 5.54 Å². The highest BCUT2D eigenvalue weighted by Gasteiger charge is 2.35. The number of hydrogen-bond donors (Lipinski definition) is 1. The van der Waals surface area contributed by atoms with E-state index >= 15 is 0 Å². The third-order valence-corrected chi connectivity index (χ3v) is 4.50. The fraction of sp³-hybridized carbons (Fsp3) is 0.263. The molecule has 0 bridgehead atoms. The first-order chi connectivity index (χ1) is 11.8. The zero-order valence-electron chi connectivity index (χ0n) is 13.9. The minimum absolute atomic E-state index is 0.0879. The summed E-state index contributed by atoms with van der Waals surface area (Å²) in [5.74, 6) is 0.266. The SMILES string of the molecule is CC(Oc1ccc(Cl)cc1)C(C)(C#N)NC(=O)Cc1ccccc1Cl. The fourth-order valence-corrected chi connectivity index (χ4v) is 2.53. The summed E-state index contributed by atoms with van der Waals surface area (Å²) in [6.07, 6.45) is -0.487. The summed E-state index contributed by atoms with van der Waals surface area (Å²) in [6.45, 7) is 3.35. The van der Waals surface area contributed by atoms with Gasteiger partial charge in [-0.2, -0.15) is 5.26 Å². The van der Waals surface area contributed by atoms with Gasteiger partial charge >= 0.3 is 0 Å². The van der Waals surface area contributed by atoms with Crippen LogP contribution in [0.2, 0.25) is 10.0 Å². The van der Waals surface area contributed by atoms with Crippen LogP contribution in [-0.2, 0) is 11.2 Å². The average molecular weight is 377 g/mol. The first-order valence-electron chi connectivity index (χ1n) is 7.72. The lowest BCUT2D eigenvalue weighted by Crippen LogP contribution is -2.54. The topological polar surface area (TPSA) is 62.1 Å². The minimum Gasteiger partial charge on any atom is -0.487 e. The summed E-state index contributed by atoms with van der Waals surface area (Å²) in [5.41, 5.74) is -0.494. The molecule has 130 valence electrons. The van der Waals surface area contributed by atoms with Gasteiger partial charge in [0.05, 0.1) is 12.5 Å². The number of amides is 1. The molecule has 0 saturated carbocycles. The van der Waals surface area contributed by atoms with E-state index in [1.165, 1.54) is 0 Å². The summed E-state index contributed by atoms with van der Waals surface area (Å²) >= 11 is 11.9. The van der Waals surface area contributed by atoms with Gasteiger partial charge in [0, 0.05) is 10.0 Å². The lowest BCUT2D eigenvalue weighted by molar-refractivity contribution is -0.122. The second-order valence-corrected chi connectivity index (χ2v) is 6.69. The van der Waals surface area contributed by atoms with Gasteiger partial charge in [0.1, 0.15) is 11.9 Å². The molecule has 1 amide bonds. The zero-order chi connectivity index (χ0) is 18.4. The number of halogens is 2. The van der Waals surface area contributed by atoms with E-state index in [1.807, 2.05) is 6.07 Å². The van der Waals surface area contributed by atoms with Gasteiger partial charge < -0.3 is 10.1 Å². The van der Waals surface area contributed by atoms with E-state index in [4.69, 9.17) is 27.9 Å². The molecule has 0 heterocycles. The van der Waals surface area contributed by atoms with E-state index in [0.29, 0.717) is 21.4 Å². The maximum Gasteiger partial charge on any atom is 0.225 e. The van der Waals surface area contributed by atoms with Crippen LogP contribution in [0.15, 0.2) is 48.5 Å². The summed E-state index contributed by atoms with van der Waals surface area (Å²) in [6, 6.07) is 16.0. The standard InChI is InChI=1S/C19H18Cl2N2O2/c1-13(25-16-9-7-15(20)8-10-16)19(2,12-22)23-18(24)11-14-5-3-4-6-17(14)21/h3-10,13H,11H2,1-2H3,(H,23,24). The molecule has 2 unspecified atom stereocenters. The van der Waals surface area contributed by atoms with Crippen LogP contribution < -0.4 is 10.1 Å². The predicted molar refractivity (Wildman–Crippen MR) is 98.9 cm³/mol. The number of benzene rings is 2. The fourth-order valence-electron chi connectivity index (χ4n) is 2.20. The van der Waals surface area contributed by atoms with Crippen molar-refractivity contribution in [3.05, 3.63) is 64.1 Å². The van der Waals surface area contributed by atoms with Crippen molar-refractivity contribution >= 4 is 29.1 Å². The van der Waals surface area contributed by atoms with Crippen molar-refractivity contribution in [2.75, 3.05) is 0 Å². The summed E-state index contributed by atoms with van der Waals surface area (Å²) < 4.78 is 5.78. The van der Waals surface area contributed by atoms with Gasteiger partial charge in [-0.1, -0.05) is 41.4 Å². The molecule has 2 atom stereocenters. The van der Waals surface area contributed by atoms with Crippen molar-refractivity contribution in [2.24, 2.45) is 0 Å². The largest absolute Gasteiger partial charge is 0.487 e. The first kappa shape index (κ1) is 19.1. The normalized spacial score (nSPS) is 14.0. The van der Waals surface area contributed by atoms with Gasteiger partial charge in [0.2, 0.25) is 5.91 Å². The Morgan fingerprint density at radius 2 is 1.88 bits per heavy atom. The Balaban J connectivity index is 2.05. The number of nitriles is 1. The van der Waals surface area contributed by atoms with E-state index in [2.05, 4.69) is 11.4 Å². The Kier molecular flexibility index (Phi) is 6.30. The van der Waals surface area contributed by atoms with Gasteiger partial charge in [-0.15, -0.1) is 0 Å². The van der Waals surface area contributed by atoms with Crippen molar-refractivity contribution in [3.8, 4) is 11.8 Å². The average Bonchev–Trinajstić information content (AvgIpc) is 2.58. The van der Waals surface area contributed by atoms with Crippen LogP contribution in [0, 0.1) is 11.3 Å². The van der Waals surface area contributed by atoms with Crippen LogP contribution in [0.5, 0.6) is 5.75 Å². The van der Waals surface area contributed by atoms with E-state index in [1.54, 1.807) is 56.3 Å². The van der Waals surface area contributed by atoms with Crippen LogP contribution in [0.3, 0.4) is 0 Å². The molecule has 25 heavy (non-hydrogen) atoms. The van der Waals surface area contributed by atoms with Crippen molar-refractivity contribution in [2.45, 2.75) is 31.9 Å². The van der Waals surface area contributed by atoms with E-state index in [-0.39, 0.29) is 12.3 Å². The Morgan fingerprint density at radius 3 is 2.48 bits per heavy atom. The summed E-state index contributed by atoms with van der Waals surface area (Å²) in [5, 5.41) is 13.4. The molecule has 6 heteroatoms. The molecule has 2 aromatic rings. The maximum atomic E-state index is 12.3. The molecule has 0 aliphatic rings. The van der Waals surface area contributed by atoms with Crippen LogP contribution in [0.4, 0.5) is 0 Å². The molecule has 4 nitrogen and oxygen atoms in total. The molecule has 0 aromatic heterocycles. The van der Waals surface area contributed by atoms with Gasteiger partial charge in [0.25, 0.3) is 0 Å². The molecule has 2 aromatic carbocycles. The first-order valence-corrected chi connectivity index (χ1v) is 8.47. The molecule has 0 spiro atoms. The maximum absolute atomic E-state index is 12.3. The molecule has 0 fully saturated rings. The monoisotopic (exact) mass is 376 g/mol. The number of ether oxygens (including phenoxy) is 1. The van der Waals surface area contributed by atoms with Crippen molar-refractivity contribution in [3.63, 3.8) is 0 Å². The Hall–Kier alpha value is -2.22. The van der Waals surface area contributed by atoms with Crippen molar-refractivity contribution < 1.29 is 9.53 Å². The Morgan fingerprint density at radius 1 is 1.24 bits per heavy atom. The molecular weight excluding hydrogens is 359 g/mol. The summed E-state index contributed by atoms with van der Waals surface area (Å²) in [4.78, 5) is 12.3. The van der Waals surface area contributed by atoms with Crippen molar-refractivity contribution in [1.82, 2.24) is 5.32 Å². The van der Waals surface area contributed by atoms with E-state index < -0.39 is 11.6 Å². The Bertz CT molecular complexity index is 787. The Labute approximate surface area is 157 Å². The zero-order valence-corrected chi connectivity index (χ0v) is 15.4. The third-order valence-electron chi connectivity index (χ3n) is 3.88. The quantitative estimate of drug-likeness (QED) is 0.812. The van der Waals surface area contributed by atoms with Gasteiger partial charge in [-0.25, -0.2) is 0 Å². The number of rotatable bonds is 6. The number of carbonyl (C=O) groups excluding carboxylic acids is 1. The highest BCUT2D eigenvalue weighted by molar-refractivity contribution is 6.31. The predicted octanol–water partition coefficient (Wildman–Crippen LogP) is 4.40. The molecule has 0 aliphatic carbocycles. The highest BCUT2D eigenvalue weighted by Crippen LogP contribution is 2.21. The molecule has 2 rings (SSSR count). The lowest BCUT2D eigenvalue weighted by atomic mass is 9.97. The third kappa shape index (κ3) is 5.12.